The monoisotopic (exact) mass is 465 g/mol. The van der Waals surface area contributed by atoms with Gasteiger partial charge in [-0.15, -0.1) is 22.7 Å². The van der Waals surface area contributed by atoms with Crippen LogP contribution in [0.1, 0.15) is 27.8 Å². The third kappa shape index (κ3) is 5.20. The number of nitrogens with one attached hydrogen (secondary N) is 4. The van der Waals surface area contributed by atoms with Crippen molar-refractivity contribution in [2.45, 2.75) is 11.1 Å². The number of hydrogen-bond acceptors (Lipinski definition) is 8. The van der Waals surface area contributed by atoms with Crippen LogP contribution < -0.4 is 20.9 Å². The zero-order valence-electron chi connectivity index (χ0n) is 15.3. The molecule has 2 heterocycles. The van der Waals surface area contributed by atoms with Gasteiger partial charge in [0.05, 0.1) is 11.3 Å². The molecule has 0 saturated heterocycles. The number of carbonyl (C=O) groups is 3. The van der Waals surface area contributed by atoms with Crippen LogP contribution in [0.3, 0.4) is 0 Å². The summed E-state index contributed by atoms with van der Waals surface area (Å²) in [6.07, 6.45) is 0. The minimum Gasteiger partial charge on any atom is -0.302 e. The molecule has 0 aliphatic heterocycles. The third-order valence-electron chi connectivity index (χ3n) is 3.49. The van der Waals surface area contributed by atoms with E-state index in [1.54, 1.807) is 23.6 Å². The average Bonchev–Trinajstić information content (AvgIpc) is 3.38. The normalized spacial score (nSPS) is 10.8. The van der Waals surface area contributed by atoms with Gasteiger partial charge in [0.25, 0.3) is 21.8 Å². The van der Waals surface area contributed by atoms with Gasteiger partial charge in [0.15, 0.2) is 5.13 Å². The molecule has 0 saturated carbocycles. The van der Waals surface area contributed by atoms with E-state index in [0.717, 1.165) is 22.7 Å². The maximum absolute atomic E-state index is 12.5. The minimum absolute atomic E-state index is 0.00395. The molecule has 10 nitrogen and oxygen atoms in total. The van der Waals surface area contributed by atoms with Gasteiger partial charge in [0.2, 0.25) is 5.91 Å². The molecule has 0 atom stereocenters. The van der Waals surface area contributed by atoms with Crippen molar-refractivity contribution in [3.8, 4) is 0 Å². The molecule has 13 heteroatoms. The van der Waals surface area contributed by atoms with Crippen molar-refractivity contribution in [3.05, 3.63) is 58.4 Å². The molecule has 3 amide bonds. The molecule has 0 unspecified atom stereocenters. The molecule has 30 heavy (non-hydrogen) atoms. The molecule has 0 spiro atoms. The number of benzene rings is 1. The molecule has 0 fully saturated rings. The number of amides is 3. The lowest BCUT2D eigenvalue weighted by molar-refractivity contribution is -0.114. The molecular weight excluding hydrogens is 450 g/mol. The molecule has 0 aliphatic rings. The Kier molecular flexibility index (Phi) is 6.44. The first-order valence-electron chi connectivity index (χ1n) is 8.25. The molecule has 4 N–H and O–H groups in total. The van der Waals surface area contributed by atoms with E-state index in [-0.39, 0.29) is 32.2 Å². The Balaban J connectivity index is 1.68. The first kappa shape index (κ1) is 21.4. The first-order valence-corrected chi connectivity index (χ1v) is 11.5. The van der Waals surface area contributed by atoms with Crippen LogP contribution in [0.4, 0.5) is 10.8 Å². The molecule has 0 radical (unpaired) electrons. The van der Waals surface area contributed by atoms with Gasteiger partial charge in [-0.3, -0.25) is 30.0 Å². The maximum atomic E-state index is 12.5. The lowest BCUT2D eigenvalue weighted by Crippen LogP contribution is -2.42. The highest BCUT2D eigenvalue weighted by Gasteiger charge is 2.20. The topological polar surface area (TPSA) is 146 Å². The Labute approximate surface area is 179 Å². The maximum Gasteiger partial charge on any atom is 0.289 e. The SMILES string of the molecule is CC(=O)Nc1nc(C(=O)NNC(=O)c2ccccc2NS(=O)(=O)c2cccs2)cs1. The van der Waals surface area contributed by atoms with Crippen LogP contribution in [0.2, 0.25) is 0 Å². The standard InChI is InChI=1S/C17H15N5O5S3/c1-10(23)18-17-19-13(9-29-17)16(25)21-20-15(24)11-5-2-3-6-12(11)22-30(26,27)14-7-4-8-28-14/h2-9,22H,1H3,(H,20,24)(H,21,25)(H,18,19,23). The molecule has 3 aromatic rings. The van der Waals surface area contributed by atoms with E-state index >= 15 is 0 Å². The summed E-state index contributed by atoms with van der Waals surface area (Å²) in [4.78, 5) is 39.6. The number of aromatic nitrogens is 1. The Morgan fingerprint density at radius 2 is 1.70 bits per heavy atom. The van der Waals surface area contributed by atoms with Crippen LogP contribution in [0, 0.1) is 0 Å². The number of thiophene rings is 1. The van der Waals surface area contributed by atoms with Crippen molar-refractivity contribution in [1.29, 1.82) is 0 Å². The van der Waals surface area contributed by atoms with E-state index in [0.29, 0.717) is 0 Å². The number of para-hydroxylation sites is 1. The zero-order chi connectivity index (χ0) is 21.7. The number of anilines is 2. The van der Waals surface area contributed by atoms with Crippen molar-refractivity contribution in [1.82, 2.24) is 15.8 Å². The first-order chi connectivity index (χ1) is 14.3. The molecule has 0 bridgehead atoms. The van der Waals surface area contributed by atoms with Crippen LogP contribution in [-0.4, -0.2) is 31.1 Å². The van der Waals surface area contributed by atoms with Crippen LogP contribution in [0.5, 0.6) is 0 Å². The summed E-state index contributed by atoms with van der Waals surface area (Å²) in [5.74, 6) is -1.76. The van der Waals surface area contributed by atoms with E-state index in [1.807, 2.05) is 0 Å². The minimum atomic E-state index is -3.85. The van der Waals surface area contributed by atoms with Gasteiger partial charge in [0.1, 0.15) is 9.90 Å². The van der Waals surface area contributed by atoms with E-state index in [9.17, 15) is 22.8 Å². The largest absolute Gasteiger partial charge is 0.302 e. The van der Waals surface area contributed by atoms with Gasteiger partial charge >= 0.3 is 0 Å². The summed E-state index contributed by atoms with van der Waals surface area (Å²) in [5.41, 5.74) is 4.47. The zero-order valence-corrected chi connectivity index (χ0v) is 17.8. The fourth-order valence-corrected chi connectivity index (χ4v) is 5.02. The van der Waals surface area contributed by atoms with Gasteiger partial charge in [-0.05, 0) is 23.6 Å². The van der Waals surface area contributed by atoms with E-state index in [1.165, 1.54) is 30.5 Å². The quantitative estimate of drug-likeness (QED) is 0.410. The number of nitrogens with zero attached hydrogens (tertiary/aromatic N) is 1. The molecule has 2 aromatic heterocycles. The Hall–Kier alpha value is -3.29. The third-order valence-corrected chi connectivity index (χ3v) is 7.01. The molecular formula is C17H15N5O5S3. The van der Waals surface area contributed by atoms with Crippen molar-refractivity contribution < 1.29 is 22.8 Å². The molecule has 1 aromatic carbocycles. The van der Waals surface area contributed by atoms with Crippen LogP contribution in [0.15, 0.2) is 51.4 Å². The van der Waals surface area contributed by atoms with Gasteiger partial charge in [-0.1, -0.05) is 18.2 Å². The summed E-state index contributed by atoms with van der Waals surface area (Å²) in [7, 11) is -3.85. The molecule has 156 valence electrons. The predicted octanol–water partition coefficient (Wildman–Crippen LogP) is 2.04. The smallest absolute Gasteiger partial charge is 0.289 e. The summed E-state index contributed by atoms with van der Waals surface area (Å²) in [6, 6.07) is 9.01. The Morgan fingerprint density at radius 3 is 2.40 bits per heavy atom. The van der Waals surface area contributed by atoms with E-state index in [4.69, 9.17) is 0 Å². The number of sulfonamides is 1. The van der Waals surface area contributed by atoms with Gasteiger partial charge in [0, 0.05) is 12.3 Å². The van der Waals surface area contributed by atoms with Crippen LogP contribution in [0.25, 0.3) is 0 Å². The van der Waals surface area contributed by atoms with Gasteiger partial charge in [-0.25, -0.2) is 13.4 Å². The summed E-state index contributed by atoms with van der Waals surface area (Å²) >= 11 is 2.09. The number of hydrazine groups is 1. The number of rotatable bonds is 6. The Morgan fingerprint density at radius 1 is 0.967 bits per heavy atom. The lowest BCUT2D eigenvalue weighted by atomic mass is 10.2. The second kappa shape index (κ2) is 9.02. The fourth-order valence-electron chi connectivity index (χ4n) is 2.21. The van der Waals surface area contributed by atoms with E-state index < -0.39 is 21.8 Å². The Bertz CT molecular complexity index is 1190. The van der Waals surface area contributed by atoms with Crippen LogP contribution >= 0.6 is 22.7 Å². The number of thiazole rings is 1. The van der Waals surface area contributed by atoms with Crippen molar-refractivity contribution in [2.24, 2.45) is 0 Å². The summed E-state index contributed by atoms with van der Waals surface area (Å²) in [6.45, 7) is 1.31. The molecule has 3 rings (SSSR count). The highest BCUT2D eigenvalue weighted by molar-refractivity contribution is 7.94. The highest BCUT2D eigenvalue weighted by atomic mass is 32.2. The highest BCUT2D eigenvalue weighted by Crippen LogP contribution is 2.22. The molecule has 0 aliphatic carbocycles. The van der Waals surface area contributed by atoms with E-state index in [2.05, 4.69) is 25.9 Å². The van der Waals surface area contributed by atoms with Crippen molar-refractivity contribution in [3.63, 3.8) is 0 Å². The predicted molar refractivity (Wildman–Crippen MR) is 113 cm³/mol. The van der Waals surface area contributed by atoms with Crippen molar-refractivity contribution >= 4 is 61.2 Å². The number of carbonyl (C=O) groups excluding carboxylic acids is 3. The lowest BCUT2D eigenvalue weighted by Gasteiger charge is -2.12. The van der Waals surface area contributed by atoms with Crippen LogP contribution in [-0.2, 0) is 14.8 Å². The summed E-state index contributed by atoms with van der Waals surface area (Å²) in [5, 5.41) is 5.73. The second-order valence-corrected chi connectivity index (χ2v) is 9.43. The summed E-state index contributed by atoms with van der Waals surface area (Å²) < 4.78 is 27.3. The second-order valence-electron chi connectivity index (χ2n) is 5.71. The fraction of sp³-hybridized carbons (Fsp3) is 0.0588. The van der Waals surface area contributed by atoms with Gasteiger partial charge < -0.3 is 5.32 Å². The number of hydrogen-bond donors (Lipinski definition) is 4. The average molecular weight is 466 g/mol. The van der Waals surface area contributed by atoms with Crippen molar-refractivity contribution in [2.75, 3.05) is 10.0 Å². The van der Waals surface area contributed by atoms with Gasteiger partial charge in [-0.2, -0.15) is 0 Å².